The quantitative estimate of drug-likeness (QED) is 0.490. The van der Waals surface area contributed by atoms with E-state index in [1.165, 1.54) is 21.3 Å². The van der Waals surface area contributed by atoms with Gasteiger partial charge in [0.1, 0.15) is 6.10 Å². The smallest absolute Gasteiger partial charge is 0.338 e. The Morgan fingerprint density at radius 2 is 1.68 bits per heavy atom. The van der Waals surface area contributed by atoms with Gasteiger partial charge in [-0.15, -0.1) is 0 Å². The van der Waals surface area contributed by atoms with Crippen LogP contribution in [0.25, 0.3) is 0 Å². The van der Waals surface area contributed by atoms with Gasteiger partial charge < -0.3 is 28.7 Å². The molecule has 1 aromatic rings. The van der Waals surface area contributed by atoms with Crippen molar-refractivity contribution < 1.29 is 23.7 Å². The third-order valence-corrected chi connectivity index (χ3v) is 6.33. The number of nitrogens with zero attached hydrogens (tertiary/aromatic N) is 2. The van der Waals surface area contributed by atoms with E-state index < -0.39 is 0 Å². The molecule has 0 aromatic heterocycles. The molecule has 0 aliphatic carbocycles. The summed E-state index contributed by atoms with van der Waals surface area (Å²) in [5, 5.41) is 0. The van der Waals surface area contributed by atoms with Crippen LogP contribution < -0.4 is 14.2 Å². The summed E-state index contributed by atoms with van der Waals surface area (Å²) < 4.78 is 22.0. The monoisotopic (exact) mass is 436 g/mol. The summed E-state index contributed by atoms with van der Waals surface area (Å²) in [4.78, 5) is 17.9. The van der Waals surface area contributed by atoms with Crippen LogP contribution in [0.4, 0.5) is 0 Å². The molecular weight excluding hydrogens is 396 g/mol. The van der Waals surface area contributed by atoms with Crippen LogP contribution in [0.15, 0.2) is 12.1 Å². The second kappa shape index (κ2) is 12.2. The Hall–Kier alpha value is -1.99. The van der Waals surface area contributed by atoms with Crippen molar-refractivity contribution >= 4 is 5.97 Å². The number of hydrogen-bond donors (Lipinski definition) is 0. The lowest BCUT2D eigenvalue weighted by Crippen LogP contribution is -2.49. The first-order valence-electron chi connectivity index (χ1n) is 11.4. The predicted molar refractivity (Wildman–Crippen MR) is 123 cm³/mol. The Kier molecular flexibility index (Phi) is 9.91. The molecule has 1 fully saturated rings. The number of hydrogen-bond acceptors (Lipinski definition) is 7. The first-order chi connectivity index (χ1) is 14.9. The van der Waals surface area contributed by atoms with Crippen LogP contribution in [-0.4, -0.2) is 82.0 Å². The van der Waals surface area contributed by atoms with E-state index in [4.69, 9.17) is 18.9 Å². The van der Waals surface area contributed by atoms with E-state index in [0.29, 0.717) is 28.9 Å². The van der Waals surface area contributed by atoms with Gasteiger partial charge in [-0.2, -0.15) is 0 Å². The fourth-order valence-electron chi connectivity index (χ4n) is 4.30. The number of carbonyl (C=O) groups is 1. The number of likely N-dealkylation sites (tertiary alicyclic amines) is 1. The minimum absolute atomic E-state index is 0.111. The van der Waals surface area contributed by atoms with Crippen molar-refractivity contribution in [2.24, 2.45) is 5.92 Å². The molecule has 3 unspecified atom stereocenters. The normalized spacial score (nSPS) is 21.7. The summed E-state index contributed by atoms with van der Waals surface area (Å²) in [6.07, 6.45) is 1.89. The zero-order valence-corrected chi connectivity index (χ0v) is 20.3. The number of carbonyl (C=O) groups excluding carboxylic acids is 1. The lowest BCUT2D eigenvalue weighted by atomic mass is 9.91. The molecule has 0 amide bonds. The molecular formula is C24H40N2O5. The van der Waals surface area contributed by atoms with Crippen LogP contribution in [0.3, 0.4) is 0 Å². The summed E-state index contributed by atoms with van der Waals surface area (Å²) in [7, 11) is 4.61. The molecule has 0 spiro atoms. The SMILES string of the molecule is CCN(CC)CCCN1CC(C)C(OC(=O)c2cc(OC)c(OC)c(OC)c2)CC1C. The third-order valence-electron chi connectivity index (χ3n) is 6.33. The van der Waals surface area contributed by atoms with Crippen LogP contribution in [0.1, 0.15) is 50.9 Å². The van der Waals surface area contributed by atoms with Gasteiger partial charge in [-0.3, -0.25) is 0 Å². The van der Waals surface area contributed by atoms with Crippen molar-refractivity contribution in [1.29, 1.82) is 0 Å². The molecule has 0 saturated carbocycles. The number of esters is 1. The molecule has 31 heavy (non-hydrogen) atoms. The number of benzene rings is 1. The number of piperidine rings is 1. The predicted octanol–water partition coefficient (Wildman–Crippen LogP) is 3.70. The minimum atomic E-state index is -0.363. The van der Waals surface area contributed by atoms with Crippen LogP contribution in [-0.2, 0) is 4.74 Å². The maximum absolute atomic E-state index is 12.9. The van der Waals surface area contributed by atoms with E-state index in [-0.39, 0.29) is 18.0 Å². The van der Waals surface area contributed by atoms with Crippen molar-refractivity contribution in [1.82, 2.24) is 9.80 Å². The maximum atomic E-state index is 12.9. The van der Waals surface area contributed by atoms with Gasteiger partial charge >= 0.3 is 5.97 Å². The molecule has 7 heteroatoms. The highest BCUT2D eigenvalue weighted by Gasteiger charge is 2.33. The van der Waals surface area contributed by atoms with Gasteiger partial charge in [0.25, 0.3) is 0 Å². The van der Waals surface area contributed by atoms with E-state index in [9.17, 15) is 4.79 Å². The Balaban J connectivity index is 1.99. The average molecular weight is 437 g/mol. The molecule has 0 radical (unpaired) electrons. The highest BCUT2D eigenvalue weighted by atomic mass is 16.5. The Morgan fingerprint density at radius 1 is 1.06 bits per heavy atom. The van der Waals surface area contributed by atoms with Crippen LogP contribution >= 0.6 is 0 Å². The van der Waals surface area contributed by atoms with Gasteiger partial charge in [-0.1, -0.05) is 20.8 Å². The van der Waals surface area contributed by atoms with Gasteiger partial charge in [0, 0.05) is 18.5 Å². The fraction of sp³-hybridized carbons (Fsp3) is 0.708. The van der Waals surface area contributed by atoms with Gasteiger partial charge in [0.2, 0.25) is 5.75 Å². The molecule has 2 rings (SSSR count). The minimum Gasteiger partial charge on any atom is -0.493 e. The van der Waals surface area contributed by atoms with Gasteiger partial charge in [0.15, 0.2) is 11.5 Å². The molecule has 1 aliphatic rings. The van der Waals surface area contributed by atoms with Gasteiger partial charge in [-0.05, 0) is 58.1 Å². The number of ether oxygens (including phenoxy) is 4. The van der Waals surface area contributed by atoms with E-state index in [2.05, 4.69) is 37.5 Å². The first-order valence-corrected chi connectivity index (χ1v) is 11.4. The van der Waals surface area contributed by atoms with Crippen LogP contribution in [0.2, 0.25) is 0 Å². The maximum Gasteiger partial charge on any atom is 0.338 e. The molecule has 1 heterocycles. The Morgan fingerprint density at radius 3 is 2.19 bits per heavy atom. The van der Waals surface area contributed by atoms with Crippen molar-refractivity contribution in [3.63, 3.8) is 0 Å². The zero-order valence-electron chi connectivity index (χ0n) is 20.3. The third kappa shape index (κ3) is 6.50. The molecule has 1 aromatic carbocycles. The number of rotatable bonds is 11. The lowest BCUT2D eigenvalue weighted by molar-refractivity contribution is -0.0261. The highest BCUT2D eigenvalue weighted by molar-refractivity contribution is 5.91. The molecule has 1 saturated heterocycles. The summed E-state index contributed by atoms with van der Waals surface area (Å²) in [6.45, 7) is 14.2. The molecule has 0 N–H and O–H groups in total. The molecule has 176 valence electrons. The van der Waals surface area contributed by atoms with Crippen molar-refractivity contribution in [3.8, 4) is 17.2 Å². The summed E-state index contributed by atoms with van der Waals surface area (Å²) >= 11 is 0. The molecule has 3 atom stereocenters. The molecule has 0 bridgehead atoms. The van der Waals surface area contributed by atoms with E-state index >= 15 is 0 Å². The topological polar surface area (TPSA) is 60.5 Å². The second-order valence-electron chi connectivity index (χ2n) is 8.30. The van der Waals surface area contributed by atoms with Crippen molar-refractivity contribution in [3.05, 3.63) is 17.7 Å². The van der Waals surface area contributed by atoms with Crippen LogP contribution in [0.5, 0.6) is 17.2 Å². The van der Waals surface area contributed by atoms with E-state index in [1.54, 1.807) is 12.1 Å². The van der Waals surface area contributed by atoms with E-state index in [1.807, 2.05) is 0 Å². The summed E-state index contributed by atoms with van der Waals surface area (Å²) in [5.41, 5.74) is 0.399. The summed E-state index contributed by atoms with van der Waals surface area (Å²) in [5.74, 6) is 1.26. The Bertz CT molecular complexity index is 682. The van der Waals surface area contributed by atoms with Gasteiger partial charge in [0.05, 0.1) is 26.9 Å². The molecule has 7 nitrogen and oxygen atoms in total. The van der Waals surface area contributed by atoms with Gasteiger partial charge in [-0.25, -0.2) is 4.79 Å². The summed E-state index contributed by atoms with van der Waals surface area (Å²) in [6, 6.07) is 3.66. The number of methoxy groups -OCH3 is 3. The van der Waals surface area contributed by atoms with Crippen molar-refractivity contribution in [2.45, 2.75) is 52.7 Å². The standard InChI is InChI=1S/C24H40N2O5/c1-8-25(9-2)11-10-12-26-16-17(3)20(13-18(26)4)31-24(27)19-14-21(28-5)23(30-7)22(15-19)29-6/h14-15,17-18,20H,8-13,16H2,1-7H3. The first kappa shape index (κ1) is 25.3. The van der Waals surface area contributed by atoms with E-state index in [0.717, 1.165) is 45.6 Å². The van der Waals surface area contributed by atoms with Crippen molar-refractivity contribution in [2.75, 3.05) is 54.1 Å². The fourth-order valence-corrected chi connectivity index (χ4v) is 4.30. The average Bonchev–Trinajstić information content (AvgIpc) is 2.78. The zero-order chi connectivity index (χ0) is 23.0. The largest absolute Gasteiger partial charge is 0.493 e. The Labute approximate surface area is 187 Å². The highest BCUT2D eigenvalue weighted by Crippen LogP contribution is 2.38. The lowest BCUT2D eigenvalue weighted by Gasteiger charge is -2.41. The van der Waals surface area contributed by atoms with Crippen LogP contribution in [0, 0.1) is 5.92 Å². The molecule has 1 aliphatic heterocycles. The second-order valence-corrected chi connectivity index (χ2v) is 8.30.